The van der Waals surface area contributed by atoms with Gasteiger partial charge in [0.15, 0.2) is 23.0 Å². The van der Waals surface area contributed by atoms with Crippen LogP contribution in [-0.4, -0.2) is 47.3 Å². The molecule has 1 saturated heterocycles. The summed E-state index contributed by atoms with van der Waals surface area (Å²) < 4.78 is 17.0. The van der Waals surface area contributed by atoms with Crippen molar-refractivity contribution in [2.75, 3.05) is 20.2 Å². The monoisotopic (exact) mass is 463 g/mol. The van der Waals surface area contributed by atoms with E-state index < -0.39 is 0 Å². The first kappa shape index (κ1) is 22.3. The molecule has 8 nitrogen and oxygen atoms in total. The molecule has 3 aromatic rings. The Morgan fingerprint density at radius 1 is 1.15 bits per heavy atom. The van der Waals surface area contributed by atoms with Crippen LogP contribution in [0.1, 0.15) is 40.5 Å². The second-order valence-corrected chi connectivity index (χ2v) is 9.09. The summed E-state index contributed by atoms with van der Waals surface area (Å²) in [6.45, 7) is 6.07. The zero-order valence-electron chi connectivity index (χ0n) is 19.6. The number of phenolic OH excluding ortho intramolecular Hbond substituents is 1. The molecule has 2 aliphatic heterocycles. The first-order chi connectivity index (χ1) is 16.4. The molecule has 0 radical (unpaired) electrons. The van der Waals surface area contributed by atoms with Crippen molar-refractivity contribution < 1.29 is 23.9 Å². The van der Waals surface area contributed by atoms with E-state index in [1.54, 1.807) is 19.2 Å². The Labute approximate surface area is 198 Å². The van der Waals surface area contributed by atoms with Gasteiger partial charge in [-0.25, -0.2) is 0 Å². The first-order valence-corrected chi connectivity index (χ1v) is 11.5. The number of fused-ring (bicyclic) bond motifs is 6. The van der Waals surface area contributed by atoms with Crippen LogP contribution in [0.3, 0.4) is 0 Å². The molecule has 2 N–H and O–H groups in total. The molecule has 0 spiro atoms. The summed E-state index contributed by atoms with van der Waals surface area (Å²) in [4.78, 5) is 15.2. The summed E-state index contributed by atoms with van der Waals surface area (Å²) in [5.74, 6) is 2.39. The fraction of sp³-hybridized carbons (Fsp3) is 0.385. The SMILES string of the molecule is COc1ccc2cc1Oc1cc(ccc1O)CCC(=O)N[C@@H]1CN(Cc3c(C)noc3C)C[C@@H]21. The van der Waals surface area contributed by atoms with E-state index in [-0.39, 0.29) is 23.6 Å². The second-order valence-electron chi connectivity index (χ2n) is 9.09. The molecular formula is C26H29N3O5. The van der Waals surface area contributed by atoms with E-state index >= 15 is 0 Å². The number of benzene rings is 2. The maximum atomic E-state index is 12.9. The van der Waals surface area contributed by atoms with E-state index in [0.29, 0.717) is 36.6 Å². The van der Waals surface area contributed by atoms with Crippen LogP contribution in [-0.2, 0) is 17.8 Å². The third kappa shape index (κ3) is 4.33. The number of carbonyl (C=O) groups excluding carboxylic acids is 1. The van der Waals surface area contributed by atoms with Gasteiger partial charge in [0.05, 0.1) is 12.8 Å². The number of hydrogen-bond acceptors (Lipinski definition) is 7. The number of aryl methyl sites for hydroxylation is 3. The maximum Gasteiger partial charge on any atom is 0.220 e. The van der Waals surface area contributed by atoms with Gasteiger partial charge in [-0.15, -0.1) is 0 Å². The van der Waals surface area contributed by atoms with Gasteiger partial charge >= 0.3 is 0 Å². The number of amides is 1. The van der Waals surface area contributed by atoms with Crippen LogP contribution in [0.4, 0.5) is 0 Å². The lowest BCUT2D eigenvalue weighted by Gasteiger charge is -2.21. The summed E-state index contributed by atoms with van der Waals surface area (Å²) in [7, 11) is 1.59. The highest BCUT2D eigenvalue weighted by molar-refractivity contribution is 5.77. The maximum absolute atomic E-state index is 12.9. The molecule has 1 fully saturated rings. The Morgan fingerprint density at radius 2 is 2.00 bits per heavy atom. The summed E-state index contributed by atoms with van der Waals surface area (Å²) in [6, 6.07) is 11.0. The van der Waals surface area contributed by atoms with Crippen molar-refractivity contribution >= 4 is 5.91 Å². The standard InChI is InChI=1S/C26H29N3O5/c1-15-19(16(2)34-28-15)12-29-13-20-18-6-8-23(32-3)25(11-18)33-24-10-17(4-7-22(24)30)5-9-26(31)27-21(20)14-29/h4,6-8,10-11,20-21,30H,5,9,12-14H2,1-3H3,(H,27,31)/t20-,21+/m0/s1. The van der Waals surface area contributed by atoms with E-state index in [9.17, 15) is 9.90 Å². The van der Waals surface area contributed by atoms with Crippen LogP contribution in [0.5, 0.6) is 23.0 Å². The Kier molecular flexibility index (Phi) is 5.91. The lowest BCUT2D eigenvalue weighted by Crippen LogP contribution is -2.39. The topological polar surface area (TPSA) is 97.1 Å². The molecule has 0 saturated carbocycles. The van der Waals surface area contributed by atoms with Gasteiger partial charge in [0.2, 0.25) is 5.91 Å². The zero-order valence-corrected chi connectivity index (χ0v) is 19.6. The number of aromatic nitrogens is 1. The van der Waals surface area contributed by atoms with E-state index in [2.05, 4.69) is 15.4 Å². The molecule has 5 rings (SSSR count). The van der Waals surface area contributed by atoms with Gasteiger partial charge < -0.3 is 24.4 Å². The van der Waals surface area contributed by atoms with Crippen molar-refractivity contribution in [1.29, 1.82) is 0 Å². The summed E-state index contributed by atoms with van der Waals surface area (Å²) in [6.07, 6.45) is 0.912. The minimum atomic E-state index is -0.0496. The Hall–Kier alpha value is -3.52. The van der Waals surface area contributed by atoms with Crippen LogP contribution in [0.25, 0.3) is 0 Å². The molecule has 178 valence electrons. The minimum Gasteiger partial charge on any atom is -0.504 e. The molecule has 0 aliphatic carbocycles. The number of methoxy groups -OCH3 is 1. The summed E-state index contributed by atoms with van der Waals surface area (Å²) in [5.41, 5.74) is 3.94. The highest BCUT2D eigenvalue weighted by Gasteiger charge is 2.36. The number of ether oxygens (including phenoxy) is 2. The van der Waals surface area contributed by atoms with Crippen molar-refractivity contribution in [3.8, 4) is 23.0 Å². The predicted octanol–water partition coefficient (Wildman–Crippen LogP) is 3.83. The molecule has 2 atom stereocenters. The van der Waals surface area contributed by atoms with E-state index in [4.69, 9.17) is 14.0 Å². The molecular weight excluding hydrogens is 434 g/mol. The third-order valence-corrected chi connectivity index (χ3v) is 6.81. The van der Waals surface area contributed by atoms with Crippen molar-refractivity contribution in [2.24, 2.45) is 0 Å². The molecule has 34 heavy (non-hydrogen) atoms. The number of rotatable bonds is 3. The molecule has 1 amide bonds. The highest BCUT2D eigenvalue weighted by atomic mass is 16.5. The Bertz CT molecular complexity index is 1200. The van der Waals surface area contributed by atoms with Gasteiger partial charge in [-0.1, -0.05) is 17.3 Å². The van der Waals surface area contributed by atoms with Crippen molar-refractivity contribution in [3.63, 3.8) is 0 Å². The quantitative estimate of drug-likeness (QED) is 0.609. The van der Waals surface area contributed by atoms with Gasteiger partial charge in [-0.3, -0.25) is 9.69 Å². The molecule has 2 aliphatic rings. The van der Waals surface area contributed by atoms with E-state index in [0.717, 1.165) is 41.2 Å². The number of carbonyl (C=O) groups is 1. The molecule has 8 heteroatoms. The van der Waals surface area contributed by atoms with Crippen LogP contribution in [0.2, 0.25) is 0 Å². The minimum absolute atomic E-state index is 0.0118. The number of likely N-dealkylation sites (tertiary alicyclic amines) is 1. The van der Waals surface area contributed by atoms with E-state index in [1.165, 1.54) is 0 Å². The van der Waals surface area contributed by atoms with Gasteiger partial charge in [-0.2, -0.15) is 0 Å². The average molecular weight is 464 g/mol. The number of hydrogen-bond donors (Lipinski definition) is 2. The van der Waals surface area contributed by atoms with Crippen LogP contribution < -0.4 is 14.8 Å². The van der Waals surface area contributed by atoms with Crippen LogP contribution in [0.15, 0.2) is 40.9 Å². The lowest BCUT2D eigenvalue weighted by atomic mass is 9.93. The summed E-state index contributed by atoms with van der Waals surface area (Å²) in [5, 5.41) is 17.7. The summed E-state index contributed by atoms with van der Waals surface area (Å²) >= 11 is 0. The number of nitrogens with one attached hydrogen (secondary N) is 1. The zero-order chi connectivity index (χ0) is 23.8. The molecule has 1 aromatic heterocycles. The molecule has 2 aromatic carbocycles. The predicted molar refractivity (Wildman–Crippen MR) is 125 cm³/mol. The Balaban J connectivity index is 1.51. The largest absolute Gasteiger partial charge is 0.504 e. The number of phenols is 1. The fourth-order valence-corrected chi connectivity index (χ4v) is 4.90. The highest BCUT2D eigenvalue weighted by Crippen LogP contribution is 2.40. The normalized spacial score (nSPS) is 20.4. The average Bonchev–Trinajstić information content (AvgIpc) is 3.36. The smallest absolute Gasteiger partial charge is 0.220 e. The lowest BCUT2D eigenvalue weighted by molar-refractivity contribution is -0.121. The van der Waals surface area contributed by atoms with E-state index in [1.807, 2.05) is 38.1 Å². The number of aromatic hydroxyl groups is 1. The van der Waals surface area contributed by atoms with Crippen molar-refractivity contribution in [2.45, 2.75) is 45.2 Å². The van der Waals surface area contributed by atoms with Gasteiger partial charge in [-0.05, 0) is 55.7 Å². The van der Waals surface area contributed by atoms with Crippen LogP contribution >= 0.6 is 0 Å². The van der Waals surface area contributed by atoms with Crippen molar-refractivity contribution in [1.82, 2.24) is 15.4 Å². The molecule has 4 bridgehead atoms. The number of nitrogens with zero attached hydrogens (tertiary/aromatic N) is 2. The van der Waals surface area contributed by atoms with Gasteiger partial charge in [0.25, 0.3) is 0 Å². The molecule has 0 unspecified atom stereocenters. The van der Waals surface area contributed by atoms with Crippen LogP contribution in [0, 0.1) is 13.8 Å². The Morgan fingerprint density at radius 3 is 2.76 bits per heavy atom. The third-order valence-electron chi connectivity index (χ3n) is 6.81. The first-order valence-electron chi connectivity index (χ1n) is 11.5. The van der Waals surface area contributed by atoms with Gasteiger partial charge in [0.1, 0.15) is 5.76 Å². The van der Waals surface area contributed by atoms with Gasteiger partial charge in [0, 0.05) is 43.6 Å². The van der Waals surface area contributed by atoms with Crippen molar-refractivity contribution in [3.05, 3.63) is 64.5 Å². The fourth-order valence-electron chi connectivity index (χ4n) is 4.90. The second kappa shape index (κ2) is 9.02. The molecule has 3 heterocycles.